The van der Waals surface area contributed by atoms with Gasteiger partial charge in [-0.05, 0) is 24.7 Å². The van der Waals surface area contributed by atoms with E-state index in [1.807, 2.05) is 6.20 Å². The molecule has 0 saturated heterocycles. The van der Waals surface area contributed by atoms with E-state index in [2.05, 4.69) is 48.3 Å². The van der Waals surface area contributed by atoms with Crippen LogP contribution in [0.25, 0.3) is 0 Å². The number of guanidine groups is 1. The topological polar surface area (TPSA) is 62.5 Å². The summed E-state index contributed by atoms with van der Waals surface area (Å²) in [5.74, 6) is 2.43. The van der Waals surface area contributed by atoms with Gasteiger partial charge < -0.3 is 15.1 Å². The van der Waals surface area contributed by atoms with Gasteiger partial charge in [-0.1, -0.05) is 40.5 Å². The maximum Gasteiger partial charge on any atom is 0.213 e. The number of hydrogen-bond donors (Lipinski definition) is 2. The van der Waals surface area contributed by atoms with Crippen LogP contribution in [0.15, 0.2) is 15.6 Å². The summed E-state index contributed by atoms with van der Waals surface area (Å²) in [5, 5.41) is 6.78. The monoisotopic (exact) mass is 320 g/mol. The summed E-state index contributed by atoms with van der Waals surface area (Å²) in [4.78, 5) is 8.65. The molecule has 1 saturated carbocycles. The molecule has 5 nitrogen and oxygen atoms in total. The highest BCUT2D eigenvalue weighted by Gasteiger charge is 2.31. The fourth-order valence-electron chi connectivity index (χ4n) is 3.17. The van der Waals surface area contributed by atoms with E-state index in [9.17, 15) is 0 Å². The number of aliphatic imine (C=N–C) groups is 1. The van der Waals surface area contributed by atoms with Crippen LogP contribution in [0.4, 0.5) is 0 Å². The molecule has 0 spiro atoms. The van der Waals surface area contributed by atoms with Gasteiger partial charge in [-0.2, -0.15) is 0 Å². The number of nitrogens with one attached hydrogen (secondary N) is 2. The molecule has 1 aromatic heterocycles. The van der Waals surface area contributed by atoms with Crippen LogP contribution in [0, 0.1) is 5.41 Å². The second-order valence-electron chi connectivity index (χ2n) is 7.71. The summed E-state index contributed by atoms with van der Waals surface area (Å²) in [6, 6.07) is 0. The average Bonchev–Trinajstić information content (AvgIpc) is 3.16. The standard InChI is InChI=1S/C18H32N4O/c1-6-18(9-7-8-10-18)13-22-16(19-5)21-12-15-20-11-14(23-15)17(2,3)4/h11H,6-10,12-13H2,1-5H3,(H2,19,21,22). The van der Waals surface area contributed by atoms with Crippen LogP contribution in [0.1, 0.15) is 71.5 Å². The summed E-state index contributed by atoms with van der Waals surface area (Å²) in [6.45, 7) is 10.2. The summed E-state index contributed by atoms with van der Waals surface area (Å²) in [6.07, 6.45) is 8.40. The number of oxazole rings is 1. The minimum atomic E-state index is -0.0127. The smallest absolute Gasteiger partial charge is 0.213 e. The Morgan fingerprint density at radius 3 is 2.52 bits per heavy atom. The van der Waals surface area contributed by atoms with Gasteiger partial charge in [-0.15, -0.1) is 0 Å². The van der Waals surface area contributed by atoms with Crippen molar-refractivity contribution in [2.75, 3.05) is 13.6 Å². The lowest BCUT2D eigenvalue weighted by atomic mass is 9.83. The van der Waals surface area contributed by atoms with E-state index in [1.54, 1.807) is 7.05 Å². The Hall–Kier alpha value is -1.52. The number of rotatable bonds is 5. The van der Waals surface area contributed by atoms with Crippen LogP contribution in [-0.2, 0) is 12.0 Å². The molecule has 5 heteroatoms. The van der Waals surface area contributed by atoms with Gasteiger partial charge in [0.2, 0.25) is 5.89 Å². The molecule has 0 unspecified atom stereocenters. The van der Waals surface area contributed by atoms with Crippen molar-refractivity contribution in [3.8, 4) is 0 Å². The largest absolute Gasteiger partial charge is 0.443 e. The first-order valence-electron chi connectivity index (χ1n) is 8.78. The molecule has 2 rings (SSSR count). The lowest BCUT2D eigenvalue weighted by Gasteiger charge is -2.28. The molecule has 0 radical (unpaired) electrons. The number of nitrogens with zero attached hydrogens (tertiary/aromatic N) is 2. The second-order valence-corrected chi connectivity index (χ2v) is 7.71. The fraction of sp³-hybridized carbons (Fsp3) is 0.778. The zero-order chi connectivity index (χ0) is 16.9. The van der Waals surface area contributed by atoms with Crippen molar-refractivity contribution in [2.24, 2.45) is 10.4 Å². The van der Waals surface area contributed by atoms with Crippen molar-refractivity contribution in [1.82, 2.24) is 15.6 Å². The maximum atomic E-state index is 5.81. The third kappa shape index (κ3) is 4.72. The second kappa shape index (κ2) is 7.37. The Labute approximate surface area is 140 Å². The third-order valence-corrected chi connectivity index (χ3v) is 4.97. The van der Waals surface area contributed by atoms with Crippen LogP contribution in [-0.4, -0.2) is 24.5 Å². The molecule has 0 amide bonds. The van der Waals surface area contributed by atoms with Crippen LogP contribution in [0.5, 0.6) is 0 Å². The molecule has 23 heavy (non-hydrogen) atoms. The summed E-state index contributed by atoms with van der Waals surface area (Å²) >= 11 is 0. The highest BCUT2D eigenvalue weighted by Crippen LogP contribution is 2.40. The Bertz CT molecular complexity index is 521. The zero-order valence-electron chi connectivity index (χ0n) is 15.3. The van der Waals surface area contributed by atoms with Gasteiger partial charge in [0.15, 0.2) is 5.96 Å². The molecule has 1 aliphatic carbocycles. The van der Waals surface area contributed by atoms with Gasteiger partial charge in [-0.3, -0.25) is 4.99 Å². The molecule has 1 heterocycles. The van der Waals surface area contributed by atoms with Gasteiger partial charge in [0.05, 0.1) is 12.7 Å². The van der Waals surface area contributed by atoms with Crippen molar-refractivity contribution in [3.05, 3.63) is 17.8 Å². The minimum Gasteiger partial charge on any atom is -0.443 e. The van der Waals surface area contributed by atoms with Crippen LogP contribution < -0.4 is 10.6 Å². The molecule has 0 aromatic carbocycles. The number of hydrogen-bond acceptors (Lipinski definition) is 3. The fourth-order valence-corrected chi connectivity index (χ4v) is 3.17. The van der Waals surface area contributed by atoms with Crippen LogP contribution >= 0.6 is 0 Å². The van der Waals surface area contributed by atoms with Gasteiger partial charge in [-0.25, -0.2) is 4.98 Å². The highest BCUT2D eigenvalue weighted by molar-refractivity contribution is 5.79. The van der Waals surface area contributed by atoms with Crippen molar-refractivity contribution < 1.29 is 4.42 Å². The molecular weight excluding hydrogens is 288 g/mol. The van der Waals surface area contributed by atoms with Crippen molar-refractivity contribution in [2.45, 2.75) is 71.8 Å². The van der Waals surface area contributed by atoms with Gasteiger partial charge in [0.25, 0.3) is 0 Å². The Kier molecular flexibility index (Phi) is 5.71. The maximum absolute atomic E-state index is 5.81. The van der Waals surface area contributed by atoms with Crippen molar-refractivity contribution >= 4 is 5.96 Å². The molecule has 1 fully saturated rings. The first-order valence-corrected chi connectivity index (χ1v) is 8.78. The normalized spacial score (nSPS) is 18.2. The molecule has 0 aliphatic heterocycles. The molecule has 2 N–H and O–H groups in total. The molecule has 1 aliphatic rings. The lowest BCUT2D eigenvalue weighted by Crippen LogP contribution is -2.42. The quantitative estimate of drug-likeness (QED) is 0.642. The average molecular weight is 320 g/mol. The Morgan fingerprint density at radius 2 is 2.00 bits per heavy atom. The van der Waals surface area contributed by atoms with E-state index in [0.717, 1.165) is 18.3 Å². The van der Waals surface area contributed by atoms with Crippen molar-refractivity contribution in [3.63, 3.8) is 0 Å². The Morgan fingerprint density at radius 1 is 1.30 bits per heavy atom. The summed E-state index contributed by atoms with van der Waals surface area (Å²) < 4.78 is 5.81. The van der Waals surface area contributed by atoms with E-state index in [-0.39, 0.29) is 5.41 Å². The molecule has 0 atom stereocenters. The molecule has 130 valence electrons. The minimum absolute atomic E-state index is 0.0127. The molecule has 0 bridgehead atoms. The first kappa shape index (κ1) is 17.8. The van der Waals surface area contributed by atoms with Crippen LogP contribution in [0.2, 0.25) is 0 Å². The summed E-state index contributed by atoms with van der Waals surface area (Å²) in [5.41, 5.74) is 0.432. The van der Waals surface area contributed by atoms with E-state index < -0.39 is 0 Å². The Balaban J connectivity index is 1.84. The molecular formula is C18H32N4O. The predicted octanol–water partition coefficient (Wildman–Crippen LogP) is 3.61. The van der Waals surface area contributed by atoms with Crippen LogP contribution in [0.3, 0.4) is 0 Å². The van der Waals surface area contributed by atoms with Crippen molar-refractivity contribution in [1.29, 1.82) is 0 Å². The lowest BCUT2D eigenvalue weighted by molar-refractivity contribution is 0.283. The van der Waals surface area contributed by atoms with Gasteiger partial charge >= 0.3 is 0 Å². The SMILES string of the molecule is CCC1(CNC(=NC)NCc2ncc(C(C)(C)C)o2)CCCC1. The third-order valence-electron chi connectivity index (χ3n) is 4.97. The van der Waals surface area contributed by atoms with E-state index in [1.165, 1.54) is 32.1 Å². The van der Waals surface area contributed by atoms with Gasteiger partial charge in [0, 0.05) is 19.0 Å². The van der Waals surface area contributed by atoms with Gasteiger partial charge in [0.1, 0.15) is 5.76 Å². The highest BCUT2D eigenvalue weighted by atomic mass is 16.4. The zero-order valence-corrected chi connectivity index (χ0v) is 15.3. The van der Waals surface area contributed by atoms with E-state index >= 15 is 0 Å². The number of aromatic nitrogens is 1. The van der Waals surface area contributed by atoms with E-state index in [0.29, 0.717) is 17.9 Å². The van der Waals surface area contributed by atoms with E-state index in [4.69, 9.17) is 4.42 Å². The molecule has 1 aromatic rings. The summed E-state index contributed by atoms with van der Waals surface area (Å²) in [7, 11) is 1.80. The predicted molar refractivity (Wildman–Crippen MR) is 94.6 cm³/mol. The first-order chi connectivity index (χ1) is 10.9.